The quantitative estimate of drug-likeness (QED) is 0.471. The lowest BCUT2D eigenvalue weighted by Gasteiger charge is -2.08. The second kappa shape index (κ2) is 8.53. The van der Waals surface area contributed by atoms with Crippen LogP contribution in [-0.4, -0.2) is 27.9 Å². The van der Waals surface area contributed by atoms with Gasteiger partial charge in [-0.15, -0.1) is 0 Å². The van der Waals surface area contributed by atoms with Gasteiger partial charge in [-0.1, -0.05) is 23.7 Å². The summed E-state index contributed by atoms with van der Waals surface area (Å²) in [6, 6.07) is 11.9. The third-order valence-electron chi connectivity index (χ3n) is 3.97. The van der Waals surface area contributed by atoms with Crippen molar-refractivity contribution >= 4 is 28.9 Å². The number of nitrogens with zero attached hydrogens (tertiary/aromatic N) is 2. The Bertz CT molecular complexity index is 1130. The van der Waals surface area contributed by atoms with Gasteiger partial charge in [-0.25, -0.2) is 4.98 Å². The number of H-pyrrole nitrogens is 1. The van der Waals surface area contributed by atoms with E-state index in [-0.39, 0.29) is 22.1 Å². The molecule has 10 heteroatoms. The third-order valence-corrected chi connectivity index (χ3v) is 4.28. The van der Waals surface area contributed by atoms with Crippen LogP contribution in [0.1, 0.15) is 21.9 Å². The van der Waals surface area contributed by atoms with E-state index in [0.29, 0.717) is 18.0 Å². The zero-order chi connectivity index (χ0) is 21.0. The Hall–Kier alpha value is -3.72. The number of halogens is 1. The van der Waals surface area contributed by atoms with Crippen molar-refractivity contribution in [3.8, 4) is 5.75 Å². The van der Waals surface area contributed by atoms with E-state index in [1.807, 2.05) is 12.1 Å². The Morgan fingerprint density at radius 2 is 1.97 bits per heavy atom. The first-order valence-electron chi connectivity index (χ1n) is 8.34. The maximum atomic E-state index is 12.5. The summed E-state index contributed by atoms with van der Waals surface area (Å²) in [6.07, 6.45) is 0.304. The van der Waals surface area contributed by atoms with Gasteiger partial charge in [-0.05, 0) is 23.8 Å². The second-order valence-electron chi connectivity index (χ2n) is 5.98. The molecule has 1 aromatic heterocycles. The SMILES string of the molecule is COc1ccc(Cc2nc(C(=O)Nc3ccc([N+](=O)[O-])cc3Cl)cc(=O)[nH]2)cc1. The summed E-state index contributed by atoms with van der Waals surface area (Å²) in [5, 5.41) is 13.3. The highest BCUT2D eigenvalue weighted by Gasteiger charge is 2.15. The Labute approximate surface area is 169 Å². The number of non-ortho nitro benzene ring substituents is 1. The molecule has 0 saturated heterocycles. The monoisotopic (exact) mass is 414 g/mol. The van der Waals surface area contributed by atoms with Crippen molar-refractivity contribution in [3.05, 3.63) is 91.1 Å². The number of methoxy groups -OCH3 is 1. The molecule has 9 nitrogen and oxygen atoms in total. The number of carbonyl (C=O) groups excluding carboxylic acids is 1. The molecule has 2 N–H and O–H groups in total. The van der Waals surface area contributed by atoms with Crippen LogP contribution in [0, 0.1) is 10.1 Å². The smallest absolute Gasteiger partial charge is 0.274 e. The summed E-state index contributed by atoms with van der Waals surface area (Å²) in [4.78, 5) is 41.4. The maximum Gasteiger partial charge on any atom is 0.274 e. The Morgan fingerprint density at radius 3 is 2.59 bits per heavy atom. The number of aromatic amines is 1. The molecule has 3 rings (SSSR count). The number of nitro benzene ring substituents is 1. The fraction of sp³-hybridized carbons (Fsp3) is 0.105. The summed E-state index contributed by atoms with van der Waals surface area (Å²) < 4.78 is 5.10. The number of rotatable bonds is 6. The van der Waals surface area contributed by atoms with Crippen LogP contribution < -0.4 is 15.6 Å². The number of ether oxygens (including phenoxy) is 1. The van der Waals surface area contributed by atoms with Crippen LogP contribution in [0.3, 0.4) is 0 Å². The summed E-state index contributed by atoms with van der Waals surface area (Å²) >= 11 is 5.98. The lowest BCUT2D eigenvalue weighted by atomic mass is 10.1. The predicted octanol–water partition coefficient (Wildman–Crippen LogP) is 3.18. The zero-order valence-electron chi connectivity index (χ0n) is 15.1. The average Bonchev–Trinajstić information content (AvgIpc) is 2.69. The fourth-order valence-electron chi connectivity index (χ4n) is 2.55. The highest BCUT2D eigenvalue weighted by Crippen LogP contribution is 2.26. The fourth-order valence-corrected chi connectivity index (χ4v) is 2.77. The Morgan fingerprint density at radius 1 is 1.24 bits per heavy atom. The number of aromatic nitrogens is 2. The van der Waals surface area contributed by atoms with Gasteiger partial charge in [0.1, 0.15) is 17.3 Å². The number of amides is 1. The van der Waals surface area contributed by atoms with Gasteiger partial charge in [0.15, 0.2) is 0 Å². The summed E-state index contributed by atoms with van der Waals surface area (Å²) in [5.41, 5.74) is 0.241. The molecule has 0 fully saturated rings. The van der Waals surface area contributed by atoms with Gasteiger partial charge < -0.3 is 15.0 Å². The minimum Gasteiger partial charge on any atom is -0.497 e. The molecule has 2 aromatic carbocycles. The molecule has 1 amide bonds. The van der Waals surface area contributed by atoms with Gasteiger partial charge in [0, 0.05) is 24.6 Å². The van der Waals surface area contributed by atoms with Crippen molar-refractivity contribution in [1.29, 1.82) is 0 Å². The molecule has 0 aliphatic heterocycles. The molecule has 0 aliphatic carbocycles. The molecule has 29 heavy (non-hydrogen) atoms. The van der Waals surface area contributed by atoms with E-state index < -0.39 is 16.4 Å². The first-order valence-corrected chi connectivity index (χ1v) is 8.72. The molecule has 0 unspecified atom stereocenters. The minimum absolute atomic E-state index is 0.00385. The second-order valence-corrected chi connectivity index (χ2v) is 6.38. The van der Waals surface area contributed by atoms with Gasteiger partial charge in [0.25, 0.3) is 17.2 Å². The summed E-state index contributed by atoms with van der Waals surface area (Å²) in [5.74, 6) is 0.341. The maximum absolute atomic E-state index is 12.5. The highest BCUT2D eigenvalue weighted by atomic mass is 35.5. The van der Waals surface area contributed by atoms with Crippen LogP contribution >= 0.6 is 11.6 Å². The molecule has 1 heterocycles. The van der Waals surface area contributed by atoms with Crippen molar-refractivity contribution in [2.75, 3.05) is 12.4 Å². The molecule has 0 radical (unpaired) electrons. The lowest BCUT2D eigenvalue weighted by molar-refractivity contribution is -0.384. The number of anilines is 1. The zero-order valence-corrected chi connectivity index (χ0v) is 15.9. The molecule has 148 valence electrons. The van der Waals surface area contributed by atoms with E-state index in [2.05, 4.69) is 15.3 Å². The number of carbonyl (C=O) groups is 1. The number of hydrogen-bond donors (Lipinski definition) is 2. The normalized spacial score (nSPS) is 10.4. The number of hydrogen-bond acceptors (Lipinski definition) is 6. The number of nitro groups is 1. The molecule has 0 aliphatic rings. The predicted molar refractivity (Wildman–Crippen MR) is 107 cm³/mol. The summed E-state index contributed by atoms with van der Waals surface area (Å²) in [7, 11) is 1.56. The first-order chi connectivity index (χ1) is 13.9. The average molecular weight is 415 g/mol. The van der Waals surface area contributed by atoms with Crippen LogP contribution in [-0.2, 0) is 6.42 Å². The van der Waals surface area contributed by atoms with Crippen molar-refractivity contribution in [2.24, 2.45) is 0 Å². The van der Waals surface area contributed by atoms with Crippen molar-refractivity contribution in [2.45, 2.75) is 6.42 Å². The van der Waals surface area contributed by atoms with Gasteiger partial charge in [-0.3, -0.25) is 19.7 Å². The largest absolute Gasteiger partial charge is 0.497 e. The van der Waals surface area contributed by atoms with Crippen molar-refractivity contribution < 1.29 is 14.5 Å². The van der Waals surface area contributed by atoms with Gasteiger partial charge in [0.05, 0.1) is 22.7 Å². The molecule has 0 saturated carbocycles. The first kappa shape index (κ1) is 20.0. The molecular weight excluding hydrogens is 400 g/mol. The van der Waals surface area contributed by atoms with E-state index in [1.165, 1.54) is 12.1 Å². The van der Waals surface area contributed by atoms with Gasteiger partial charge in [0.2, 0.25) is 0 Å². The Kier molecular flexibility index (Phi) is 5.89. The van der Waals surface area contributed by atoms with Crippen LogP contribution in [0.5, 0.6) is 5.75 Å². The van der Waals surface area contributed by atoms with Crippen LogP contribution in [0.2, 0.25) is 5.02 Å². The van der Waals surface area contributed by atoms with E-state index in [1.54, 1.807) is 19.2 Å². The molecule has 0 atom stereocenters. The lowest BCUT2D eigenvalue weighted by Crippen LogP contribution is -2.20. The molecule has 0 spiro atoms. The van der Waals surface area contributed by atoms with Gasteiger partial charge in [-0.2, -0.15) is 0 Å². The minimum atomic E-state index is -0.664. The molecule has 0 bridgehead atoms. The number of benzene rings is 2. The van der Waals surface area contributed by atoms with Crippen LogP contribution in [0.4, 0.5) is 11.4 Å². The van der Waals surface area contributed by atoms with Crippen molar-refractivity contribution in [1.82, 2.24) is 9.97 Å². The standard InChI is InChI=1S/C19H15ClN4O5/c1-29-13-5-2-11(3-6-13)8-17-21-16(10-18(25)23-17)19(26)22-15-7-4-12(24(27)28)9-14(15)20/h2-7,9-10H,8H2,1H3,(H,22,26)(H,21,23,25). The third kappa shape index (κ3) is 4.96. The van der Waals surface area contributed by atoms with E-state index in [4.69, 9.17) is 16.3 Å². The van der Waals surface area contributed by atoms with E-state index in [9.17, 15) is 19.7 Å². The Balaban J connectivity index is 1.80. The van der Waals surface area contributed by atoms with Crippen molar-refractivity contribution in [3.63, 3.8) is 0 Å². The summed E-state index contributed by atoms with van der Waals surface area (Å²) in [6.45, 7) is 0. The molecular formula is C19H15ClN4O5. The van der Waals surface area contributed by atoms with E-state index >= 15 is 0 Å². The van der Waals surface area contributed by atoms with E-state index in [0.717, 1.165) is 17.7 Å². The topological polar surface area (TPSA) is 127 Å². The van der Waals surface area contributed by atoms with Gasteiger partial charge >= 0.3 is 0 Å². The number of nitrogens with one attached hydrogen (secondary N) is 2. The highest BCUT2D eigenvalue weighted by molar-refractivity contribution is 6.34. The van der Waals surface area contributed by atoms with Crippen LogP contribution in [0.25, 0.3) is 0 Å². The van der Waals surface area contributed by atoms with Crippen LogP contribution in [0.15, 0.2) is 53.3 Å². The molecule has 3 aromatic rings.